The lowest BCUT2D eigenvalue weighted by Crippen LogP contribution is -2.61. The Kier molecular flexibility index (Phi) is 5.30. The van der Waals surface area contributed by atoms with Crippen LogP contribution in [0.4, 0.5) is 8.78 Å². The lowest BCUT2D eigenvalue weighted by Gasteiger charge is -2.41. The van der Waals surface area contributed by atoms with Gasteiger partial charge in [-0.15, -0.1) is 0 Å². The van der Waals surface area contributed by atoms with Gasteiger partial charge in [0.05, 0.1) is 6.54 Å². The Morgan fingerprint density at radius 3 is 2.39 bits per heavy atom. The molecule has 1 aliphatic rings. The highest BCUT2D eigenvalue weighted by atomic mass is 19.3. The number of benzene rings is 1. The monoisotopic (exact) mass is 326 g/mol. The number of carbonyl (C=O) groups excluding carboxylic acids is 2. The molecule has 1 aromatic rings. The van der Waals surface area contributed by atoms with Crippen molar-refractivity contribution >= 4 is 11.8 Å². The first kappa shape index (κ1) is 17.3. The van der Waals surface area contributed by atoms with Gasteiger partial charge in [-0.3, -0.25) is 9.59 Å². The third kappa shape index (κ3) is 4.04. The lowest BCUT2D eigenvalue weighted by atomic mass is 9.75. The first-order chi connectivity index (χ1) is 10.8. The fourth-order valence-electron chi connectivity index (χ4n) is 2.36. The zero-order chi connectivity index (χ0) is 16.9. The van der Waals surface area contributed by atoms with Crippen LogP contribution in [-0.4, -0.2) is 41.5 Å². The van der Waals surface area contributed by atoms with Gasteiger partial charge in [0.25, 0.3) is 5.91 Å². The number of alkyl halides is 2. The van der Waals surface area contributed by atoms with E-state index in [2.05, 4.69) is 5.32 Å². The minimum absolute atomic E-state index is 0.114. The van der Waals surface area contributed by atoms with Crippen molar-refractivity contribution in [2.24, 2.45) is 0 Å². The first-order valence-corrected chi connectivity index (χ1v) is 7.54. The van der Waals surface area contributed by atoms with Gasteiger partial charge in [0.15, 0.2) is 0 Å². The average molecular weight is 326 g/mol. The van der Waals surface area contributed by atoms with Crippen LogP contribution in [0.2, 0.25) is 0 Å². The van der Waals surface area contributed by atoms with Crippen LogP contribution in [0.3, 0.4) is 0 Å². The Morgan fingerprint density at radius 2 is 1.83 bits per heavy atom. The summed E-state index contributed by atoms with van der Waals surface area (Å²) >= 11 is 0. The van der Waals surface area contributed by atoms with Gasteiger partial charge in [-0.05, 0) is 31.2 Å². The van der Waals surface area contributed by atoms with E-state index < -0.39 is 29.9 Å². The fraction of sp³-hybridized carbons (Fsp3) is 0.500. The van der Waals surface area contributed by atoms with Crippen LogP contribution < -0.4 is 10.6 Å². The largest absolute Gasteiger partial charge is 0.383 e. The summed E-state index contributed by atoms with van der Waals surface area (Å²) in [4.78, 5) is 23.1. The number of rotatable bonds is 7. The molecule has 3 N–H and O–H groups in total. The van der Waals surface area contributed by atoms with Crippen molar-refractivity contribution in [3.05, 3.63) is 35.9 Å². The molecule has 0 aromatic heterocycles. The summed E-state index contributed by atoms with van der Waals surface area (Å²) in [5.41, 5.74) is -1.24. The van der Waals surface area contributed by atoms with Crippen LogP contribution in [-0.2, 0) is 16.0 Å². The first-order valence-electron chi connectivity index (χ1n) is 7.54. The Morgan fingerprint density at radius 1 is 1.17 bits per heavy atom. The van der Waals surface area contributed by atoms with E-state index in [1.165, 1.54) is 0 Å². The van der Waals surface area contributed by atoms with Gasteiger partial charge >= 0.3 is 5.92 Å². The summed E-state index contributed by atoms with van der Waals surface area (Å²) in [5.74, 6) is -6.04. The minimum atomic E-state index is -3.88. The standard InChI is InChI=1S/C16H20F2N2O3/c17-16(18,15(23)8-4-9-15)14(22)20-11-13(21)19-10-7-12-5-2-1-3-6-12/h1-3,5-6,23H,4,7-11H2,(H,19,21)(H,20,22). The zero-order valence-corrected chi connectivity index (χ0v) is 12.6. The van der Waals surface area contributed by atoms with Crippen molar-refractivity contribution in [2.45, 2.75) is 37.2 Å². The van der Waals surface area contributed by atoms with E-state index in [1.54, 1.807) is 0 Å². The highest BCUT2D eigenvalue weighted by Crippen LogP contribution is 2.44. The molecule has 1 saturated carbocycles. The molecule has 0 unspecified atom stereocenters. The molecule has 1 fully saturated rings. The van der Waals surface area contributed by atoms with Crippen LogP contribution in [0.25, 0.3) is 0 Å². The van der Waals surface area contributed by atoms with E-state index in [-0.39, 0.29) is 12.8 Å². The Labute approximate surface area is 133 Å². The summed E-state index contributed by atoms with van der Waals surface area (Å²) in [6, 6.07) is 9.46. The molecule has 0 bridgehead atoms. The molecule has 0 saturated heterocycles. The van der Waals surface area contributed by atoms with Gasteiger partial charge in [0.1, 0.15) is 5.60 Å². The second-order valence-corrected chi connectivity index (χ2v) is 5.73. The molecule has 0 radical (unpaired) electrons. The number of aliphatic hydroxyl groups is 1. The Bertz CT molecular complexity index is 560. The number of hydrogen-bond acceptors (Lipinski definition) is 3. The van der Waals surface area contributed by atoms with Crippen molar-refractivity contribution in [3.63, 3.8) is 0 Å². The molecule has 2 rings (SSSR count). The van der Waals surface area contributed by atoms with Gasteiger partial charge in [0, 0.05) is 6.54 Å². The minimum Gasteiger partial charge on any atom is -0.383 e. The summed E-state index contributed by atoms with van der Waals surface area (Å²) in [6.07, 6.45) is 0.836. The van der Waals surface area contributed by atoms with Gasteiger partial charge < -0.3 is 15.7 Å². The van der Waals surface area contributed by atoms with E-state index in [1.807, 2.05) is 35.6 Å². The second-order valence-electron chi connectivity index (χ2n) is 5.73. The molecular formula is C16H20F2N2O3. The highest BCUT2D eigenvalue weighted by Gasteiger charge is 2.61. The smallest absolute Gasteiger partial charge is 0.352 e. The van der Waals surface area contributed by atoms with Crippen molar-refractivity contribution < 1.29 is 23.5 Å². The molecule has 126 valence electrons. The van der Waals surface area contributed by atoms with E-state index in [9.17, 15) is 23.5 Å². The fourth-order valence-corrected chi connectivity index (χ4v) is 2.36. The molecule has 0 heterocycles. The molecule has 0 atom stereocenters. The third-order valence-corrected chi connectivity index (χ3v) is 4.04. The molecule has 7 heteroatoms. The van der Waals surface area contributed by atoms with Gasteiger partial charge in [-0.25, -0.2) is 0 Å². The van der Waals surface area contributed by atoms with E-state index in [0.29, 0.717) is 19.4 Å². The molecular weight excluding hydrogens is 306 g/mol. The van der Waals surface area contributed by atoms with Crippen molar-refractivity contribution in [2.75, 3.05) is 13.1 Å². The number of carbonyl (C=O) groups is 2. The van der Waals surface area contributed by atoms with E-state index in [0.717, 1.165) is 5.56 Å². The van der Waals surface area contributed by atoms with Crippen LogP contribution in [0.1, 0.15) is 24.8 Å². The van der Waals surface area contributed by atoms with E-state index in [4.69, 9.17) is 0 Å². The highest BCUT2D eigenvalue weighted by molar-refractivity contribution is 5.89. The summed E-state index contributed by atoms with van der Waals surface area (Å²) < 4.78 is 27.6. The molecule has 2 amide bonds. The van der Waals surface area contributed by atoms with Crippen molar-refractivity contribution in [1.82, 2.24) is 10.6 Å². The van der Waals surface area contributed by atoms with Crippen LogP contribution >= 0.6 is 0 Å². The van der Waals surface area contributed by atoms with E-state index >= 15 is 0 Å². The zero-order valence-electron chi connectivity index (χ0n) is 12.6. The predicted molar refractivity (Wildman–Crippen MR) is 79.9 cm³/mol. The predicted octanol–water partition coefficient (Wildman–Crippen LogP) is 1.01. The lowest BCUT2D eigenvalue weighted by molar-refractivity contribution is -0.215. The number of hydrogen-bond donors (Lipinski definition) is 3. The number of amides is 2. The molecule has 23 heavy (non-hydrogen) atoms. The van der Waals surface area contributed by atoms with Crippen molar-refractivity contribution in [3.8, 4) is 0 Å². The SMILES string of the molecule is O=C(CNC(=O)C(F)(F)C1(O)CCC1)NCCc1ccccc1. The van der Waals surface area contributed by atoms with Crippen molar-refractivity contribution in [1.29, 1.82) is 0 Å². The van der Waals surface area contributed by atoms with Gasteiger partial charge in [-0.1, -0.05) is 30.3 Å². The van der Waals surface area contributed by atoms with Crippen LogP contribution in [0.5, 0.6) is 0 Å². The normalized spacial score (nSPS) is 16.3. The quantitative estimate of drug-likeness (QED) is 0.700. The Hall–Kier alpha value is -2.02. The molecule has 1 aromatic carbocycles. The molecule has 5 nitrogen and oxygen atoms in total. The maximum atomic E-state index is 13.8. The molecule has 1 aliphatic carbocycles. The molecule has 0 spiro atoms. The van der Waals surface area contributed by atoms with Crippen LogP contribution in [0.15, 0.2) is 30.3 Å². The van der Waals surface area contributed by atoms with Gasteiger partial charge in [0.2, 0.25) is 5.91 Å². The third-order valence-electron chi connectivity index (χ3n) is 4.04. The maximum absolute atomic E-state index is 13.8. The average Bonchev–Trinajstić information content (AvgIpc) is 2.51. The summed E-state index contributed by atoms with van der Waals surface area (Å²) in [6.45, 7) is -0.196. The second kappa shape index (κ2) is 7.04. The Balaban J connectivity index is 1.70. The summed E-state index contributed by atoms with van der Waals surface area (Å²) in [5, 5.41) is 14.1. The topological polar surface area (TPSA) is 78.4 Å². The number of halogens is 2. The summed E-state index contributed by atoms with van der Waals surface area (Å²) in [7, 11) is 0. The maximum Gasteiger partial charge on any atom is 0.352 e. The van der Waals surface area contributed by atoms with Crippen LogP contribution in [0, 0.1) is 0 Å². The van der Waals surface area contributed by atoms with Gasteiger partial charge in [-0.2, -0.15) is 8.78 Å². The molecule has 0 aliphatic heterocycles. The number of nitrogens with one attached hydrogen (secondary N) is 2.